The first-order valence-electron chi connectivity index (χ1n) is 8.51. The smallest absolute Gasteiger partial charge is 0.237 e. The highest BCUT2D eigenvalue weighted by atomic mass is 35.5. The molecule has 1 atom stereocenters. The third-order valence-corrected chi connectivity index (χ3v) is 5.01. The minimum absolute atomic E-state index is 0. The number of carbonyl (C=O) groups excluding carboxylic acids is 1. The topological polar surface area (TPSA) is 44.4 Å². The average Bonchev–Trinajstić information content (AvgIpc) is 2.59. The summed E-state index contributed by atoms with van der Waals surface area (Å²) in [5, 5.41) is 6.96. The van der Waals surface area contributed by atoms with Crippen molar-refractivity contribution >= 4 is 29.9 Å². The van der Waals surface area contributed by atoms with Gasteiger partial charge >= 0.3 is 0 Å². The van der Waals surface area contributed by atoms with E-state index in [0.717, 1.165) is 36.1 Å². The highest BCUT2D eigenvalue weighted by Gasteiger charge is 2.26. The number of likely N-dealkylation sites (tertiary alicyclic amines) is 1. The van der Waals surface area contributed by atoms with Crippen molar-refractivity contribution in [3.05, 3.63) is 34.9 Å². The van der Waals surface area contributed by atoms with Gasteiger partial charge in [0.1, 0.15) is 0 Å². The van der Waals surface area contributed by atoms with Crippen LogP contribution >= 0.6 is 24.0 Å². The van der Waals surface area contributed by atoms with Gasteiger partial charge in [-0.2, -0.15) is 0 Å². The molecule has 4 nitrogen and oxygen atoms in total. The zero-order valence-electron chi connectivity index (χ0n) is 14.6. The predicted molar refractivity (Wildman–Crippen MR) is 103 cm³/mol. The van der Waals surface area contributed by atoms with Gasteiger partial charge in [0.05, 0.1) is 6.04 Å². The van der Waals surface area contributed by atoms with Crippen LogP contribution in [-0.2, 0) is 11.3 Å². The molecule has 1 unspecified atom stereocenters. The average molecular weight is 374 g/mol. The number of benzene rings is 1. The third-order valence-electron chi connectivity index (χ3n) is 4.76. The van der Waals surface area contributed by atoms with E-state index in [4.69, 9.17) is 11.6 Å². The maximum Gasteiger partial charge on any atom is 0.237 e. The molecule has 2 rings (SSSR count). The zero-order valence-corrected chi connectivity index (χ0v) is 16.1. The fourth-order valence-electron chi connectivity index (χ4n) is 3.08. The maximum absolute atomic E-state index is 12.3. The number of nitrogens with zero attached hydrogens (tertiary/aromatic N) is 1. The van der Waals surface area contributed by atoms with Crippen molar-refractivity contribution in [1.29, 1.82) is 0 Å². The van der Waals surface area contributed by atoms with Crippen molar-refractivity contribution in [2.24, 2.45) is 5.92 Å². The van der Waals surface area contributed by atoms with Crippen LogP contribution in [0.25, 0.3) is 0 Å². The van der Waals surface area contributed by atoms with Crippen LogP contribution < -0.4 is 10.6 Å². The first-order chi connectivity index (χ1) is 11.1. The van der Waals surface area contributed by atoms with E-state index in [0.29, 0.717) is 6.54 Å². The molecule has 24 heavy (non-hydrogen) atoms. The predicted octanol–water partition coefficient (Wildman–Crippen LogP) is 3.09. The van der Waals surface area contributed by atoms with Gasteiger partial charge in [-0.3, -0.25) is 9.69 Å². The number of hydrogen-bond donors (Lipinski definition) is 2. The second-order valence-electron chi connectivity index (χ2n) is 6.39. The molecule has 1 heterocycles. The van der Waals surface area contributed by atoms with E-state index in [1.165, 1.54) is 19.3 Å². The van der Waals surface area contributed by atoms with Crippen LogP contribution in [0.1, 0.15) is 31.7 Å². The lowest BCUT2D eigenvalue weighted by atomic mass is 9.93. The van der Waals surface area contributed by atoms with Crippen molar-refractivity contribution in [2.75, 3.05) is 26.7 Å². The van der Waals surface area contributed by atoms with E-state index in [1.54, 1.807) is 0 Å². The summed E-state index contributed by atoms with van der Waals surface area (Å²) in [6.07, 6.45) is 3.62. The van der Waals surface area contributed by atoms with E-state index in [-0.39, 0.29) is 24.4 Å². The number of amides is 1. The highest BCUT2D eigenvalue weighted by molar-refractivity contribution is 6.30. The summed E-state index contributed by atoms with van der Waals surface area (Å²) >= 11 is 5.87. The molecule has 0 radical (unpaired) electrons. The molecule has 1 aliphatic rings. The molecule has 2 N–H and O–H groups in total. The molecular formula is C18H29Cl2N3O. The molecular weight excluding hydrogens is 345 g/mol. The van der Waals surface area contributed by atoms with Crippen LogP contribution in [0.5, 0.6) is 0 Å². The van der Waals surface area contributed by atoms with E-state index in [9.17, 15) is 4.79 Å². The molecule has 1 aliphatic heterocycles. The molecule has 0 saturated carbocycles. The Morgan fingerprint density at radius 3 is 2.50 bits per heavy atom. The number of nitrogens with one attached hydrogen (secondary N) is 2. The van der Waals surface area contributed by atoms with Crippen molar-refractivity contribution in [3.63, 3.8) is 0 Å². The first kappa shape index (κ1) is 21.2. The Hall–Kier alpha value is -0.810. The van der Waals surface area contributed by atoms with Crippen LogP contribution in [0.4, 0.5) is 0 Å². The minimum atomic E-state index is -0.0625. The molecule has 0 spiro atoms. The van der Waals surface area contributed by atoms with Gasteiger partial charge in [0.15, 0.2) is 0 Å². The molecule has 1 amide bonds. The molecule has 136 valence electrons. The minimum Gasteiger partial charge on any atom is -0.351 e. The molecule has 1 aromatic rings. The Kier molecular flexibility index (Phi) is 9.67. The second-order valence-corrected chi connectivity index (χ2v) is 6.83. The normalized spacial score (nSPS) is 17.1. The van der Waals surface area contributed by atoms with Crippen molar-refractivity contribution in [2.45, 2.75) is 38.8 Å². The van der Waals surface area contributed by atoms with Crippen molar-refractivity contribution in [3.8, 4) is 0 Å². The number of hydrogen-bond acceptors (Lipinski definition) is 3. The quantitative estimate of drug-likeness (QED) is 0.771. The number of carbonyl (C=O) groups is 1. The van der Waals surface area contributed by atoms with E-state index in [2.05, 4.69) is 15.5 Å². The van der Waals surface area contributed by atoms with Gasteiger partial charge in [0, 0.05) is 11.6 Å². The molecule has 0 aliphatic carbocycles. The summed E-state index contributed by atoms with van der Waals surface area (Å²) in [7, 11) is 2.00. The summed E-state index contributed by atoms with van der Waals surface area (Å²) in [6.45, 7) is 5.68. The first-order valence-corrected chi connectivity index (χ1v) is 8.88. The largest absolute Gasteiger partial charge is 0.351 e. The monoisotopic (exact) mass is 373 g/mol. The fourth-order valence-corrected chi connectivity index (χ4v) is 3.21. The van der Waals surface area contributed by atoms with E-state index in [1.807, 2.05) is 38.2 Å². The third kappa shape index (κ3) is 6.60. The van der Waals surface area contributed by atoms with E-state index < -0.39 is 0 Å². The zero-order chi connectivity index (χ0) is 16.7. The van der Waals surface area contributed by atoms with E-state index >= 15 is 0 Å². The summed E-state index contributed by atoms with van der Waals surface area (Å²) < 4.78 is 0. The second kappa shape index (κ2) is 10.9. The molecule has 1 aromatic carbocycles. The molecule has 1 saturated heterocycles. The molecule has 6 heteroatoms. The number of rotatable bonds is 7. The summed E-state index contributed by atoms with van der Waals surface area (Å²) in [5.74, 6) is 0.900. The number of halogens is 2. The van der Waals surface area contributed by atoms with Crippen LogP contribution in [0.15, 0.2) is 24.3 Å². The lowest BCUT2D eigenvalue weighted by Gasteiger charge is -2.35. The Morgan fingerprint density at radius 2 is 1.92 bits per heavy atom. The van der Waals surface area contributed by atoms with Gasteiger partial charge in [-0.15, -0.1) is 12.4 Å². The maximum atomic E-state index is 12.3. The van der Waals surface area contributed by atoms with Crippen LogP contribution in [0, 0.1) is 5.92 Å². The van der Waals surface area contributed by atoms with Crippen LogP contribution in [0.3, 0.4) is 0 Å². The van der Waals surface area contributed by atoms with Gasteiger partial charge in [0.25, 0.3) is 0 Å². The Morgan fingerprint density at radius 1 is 1.29 bits per heavy atom. The Bertz CT molecular complexity index is 488. The van der Waals surface area contributed by atoms with Gasteiger partial charge < -0.3 is 10.6 Å². The summed E-state index contributed by atoms with van der Waals surface area (Å²) in [6, 6.07) is 7.53. The number of piperidine rings is 1. The Labute approximate surface area is 156 Å². The van der Waals surface area contributed by atoms with Gasteiger partial charge in [0.2, 0.25) is 5.91 Å². The molecule has 1 fully saturated rings. The van der Waals surface area contributed by atoms with Gasteiger partial charge in [-0.1, -0.05) is 23.7 Å². The van der Waals surface area contributed by atoms with Gasteiger partial charge in [-0.05, 0) is 76.5 Å². The lowest BCUT2D eigenvalue weighted by Crippen LogP contribution is -2.48. The highest BCUT2D eigenvalue weighted by Crippen LogP contribution is 2.21. The Balaban J connectivity index is 0.00000288. The molecule has 0 aromatic heterocycles. The van der Waals surface area contributed by atoms with Gasteiger partial charge in [-0.25, -0.2) is 0 Å². The fraction of sp³-hybridized carbons (Fsp3) is 0.611. The lowest BCUT2D eigenvalue weighted by molar-refractivity contribution is -0.126. The van der Waals surface area contributed by atoms with Crippen LogP contribution in [0.2, 0.25) is 5.02 Å². The van der Waals surface area contributed by atoms with Crippen molar-refractivity contribution < 1.29 is 4.79 Å². The standard InChI is InChI=1S/C18H28ClN3O.ClH/c1-14(22-11-8-15(9-12-22)7-10-20-2)18(23)21-13-16-3-5-17(19)6-4-16;/h3-6,14-15,20H,7-13H2,1-2H3,(H,21,23);1H. The SMILES string of the molecule is CNCCC1CCN(C(C)C(=O)NCc2ccc(Cl)cc2)CC1.Cl. The summed E-state index contributed by atoms with van der Waals surface area (Å²) in [5.41, 5.74) is 1.07. The van der Waals surface area contributed by atoms with Crippen molar-refractivity contribution in [1.82, 2.24) is 15.5 Å². The summed E-state index contributed by atoms with van der Waals surface area (Å²) in [4.78, 5) is 14.6. The van der Waals surface area contributed by atoms with Crippen LogP contribution in [-0.4, -0.2) is 43.5 Å². The molecule has 0 bridgehead atoms.